The third kappa shape index (κ3) is 5.60. The molecule has 1 aromatic rings. The highest BCUT2D eigenvalue weighted by Crippen LogP contribution is 2.15. The van der Waals surface area contributed by atoms with Crippen molar-refractivity contribution < 1.29 is 26.7 Å². The van der Waals surface area contributed by atoms with E-state index in [9.17, 15) is 22.0 Å². The fourth-order valence-corrected chi connectivity index (χ4v) is 1.12. The van der Waals surface area contributed by atoms with Gasteiger partial charge in [0.05, 0.1) is 6.61 Å². The minimum atomic E-state index is -4.65. The van der Waals surface area contributed by atoms with E-state index >= 15 is 0 Å². The second-order valence-electron chi connectivity index (χ2n) is 3.22. The van der Waals surface area contributed by atoms with Crippen LogP contribution in [0.2, 0.25) is 0 Å². The van der Waals surface area contributed by atoms with Gasteiger partial charge in [-0.25, -0.2) is 8.78 Å². The van der Waals surface area contributed by atoms with E-state index in [4.69, 9.17) is 0 Å². The summed E-state index contributed by atoms with van der Waals surface area (Å²) >= 11 is 0. The number of alkyl halides is 3. The molecule has 0 aliphatic rings. The van der Waals surface area contributed by atoms with Crippen LogP contribution < -0.4 is 5.32 Å². The maximum absolute atomic E-state index is 12.7. The summed E-state index contributed by atoms with van der Waals surface area (Å²) in [5.41, 5.74) is 0.441. The number of hydrogen-bond donors (Lipinski definition) is 1. The molecule has 0 spiro atoms. The molecular weight excluding hydrogens is 245 g/mol. The van der Waals surface area contributed by atoms with Crippen molar-refractivity contribution in [3.8, 4) is 0 Å². The van der Waals surface area contributed by atoms with Crippen LogP contribution in [0.5, 0.6) is 0 Å². The SMILES string of the molecule is Fc1ccc(CNCCOC(F)(F)F)cc1F. The molecular formula is C10H10F5NO. The predicted octanol–water partition coefficient (Wildman–Crippen LogP) is 2.59. The Hall–Kier alpha value is -1.21. The first kappa shape index (κ1) is 13.9. The Bertz CT molecular complexity index is 366. The topological polar surface area (TPSA) is 21.3 Å². The first-order chi connectivity index (χ1) is 7.88. The molecule has 0 aliphatic heterocycles. The van der Waals surface area contributed by atoms with Gasteiger partial charge in [0.25, 0.3) is 0 Å². The minimum Gasteiger partial charge on any atom is -0.310 e. The lowest BCUT2D eigenvalue weighted by molar-refractivity contribution is -0.323. The van der Waals surface area contributed by atoms with E-state index in [1.54, 1.807) is 0 Å². The van der Waals surface area contributed by atoms with Crippen LogP contribution in [0.3, 0.4) is 0 Å². The lowest BCUT2D eigenvalue weighted by atomic mass is 10.2. The van der Waals surface area contributed by atoms with Crippen LogP contribution in [-0.2, 0) is 11.3 Å². The van der Waals surface area contributed by atoms with E-state index in [0.717, 1.165) is 12.1 Å². The first-order valence-corrected chi connectivity index (χ1v) is 4.74. The average molecular weight is 255 g/mol. The quantitative estimate of drug-likeness (QED) is 0.645. The molecule has 1 aromatic carbocycles. The number of hydrogen-bond acceptors (Lipinski definition) is 2. The molecule has 0 saturated carbocycles. The molecule has 1 N–H and O–H groups in total. The number of rotatable bonds is 5. The number of nitrogens with one attached hydrogen (secondary N) is 1. The summed E-state index contributed by atoms with van der Waals surface area (Å²) in [6, 6.07) is 3.28. The van der Waals surface area contributed by atoms with E-state index in [-0.39, 0.29) is 13.1 Å². The average Bonchev–Trinajstić information content (AvgIpc) is 2.21. The lowest BCUT2D eigenvalue weighted by Crippen LogP contribution is -2.24. The Morgan fingerprint density at radius 3 is 2.41 bits per heavy atom. The summed E-state index contributed by atoms with van der Waals surface area (Å²) in [7, 11) is 0. The molecule has 96 valence electrons. The molecule has 0 aromatic heterocycles. The summed E-state index contributed by atoms with van der Waals surface area (Å²) in [6.45, 7) is -0.440. The summed E-state index contributed by atoms with van der Waals surface area (Å²) < 4.78 is 63.5. The standard InChI is InChI=1S/C10H10F5NO/c11-8-2-1-7(5-9(8)12)6-16-3-4-17-10(13,14)15/h1-2,5,16H,3-4,6H2. The molecule has 0 amide bonds. The molecule has 2 nitrogen and oxygen atoms in total. The van der Waals surface area contributed by atoms with Crippen molar-refractivity contribution in [2.45, 2.75) is 12.9 Å². The lowest BCUT2D eigenvalue weighted by Gasteiger charge is -2.08. The molecule has 7 heteroatoms. The van der Waals surface area contributed by atoms with E-state index in [1.165, 1.54) is 6.07 Å². The van der Waals surface area contributed by atoms with Crippen molar-refractivity contribution in [3.05, 3.63) is 35.4 Å². The fourth-order valence-electron chi connectivity index (χ4n) is 1.12. The molecule has 0 radical (unpaired) electrons. The van der Waals surface area contributed by atoms with Crippen LogP contribution in [0, 0.1) is 11.6 Å². The molecule has 0 atom stereocenters. The number of benzene rings is 1. The van der Waals surface area contributed by atoms with Crippen LogP contribution in [0.4, 0.5) is 22.0 Å². The zero-order valence-corrected chi connectivity index (χ0v) is 8.65. The third-order valence-electron chi connectivity index (χ3n) is 1.86. The van der Waals surface area contributed by atoms with E-state index in [0.29, 0.717) is 5.56 Å². The zero-order valence-electron chi connectivity index (χ0n) is 8.65. The zero-order chi connectivity index (χ0) is 12.9. The highest BCUT2D eigenvalue weighted by atomic mass is 19.4. The van der Waals surface area contributed by atoms with Gasteiger partial charge in [-0.05, 0) is 17.7 Å². The van der Waals surface area contributed by atoms with Crippen LogP contribution in [-0.4, -0.2) is 19.5 Å². The Labute approximate surface area is 94.4 Å². The van der Waals surface area contributed by atoms with Crippen LogP contribution in [0.15, 0.2) is 18.2 Å². The molecule has 0 unspecified atom stereocenters. The van der Waals surface area contributed by atoms with E-state index in [2.05, 4.69) is 10.1 Å². The van der Waals surface area contributed by atoms with Crippen molar-refractivity contribution in [3.63, 3.8) is 0 Å². The van der Waals surface area contributed by atoms with Crippen LogP contribution in [0.25, 0.3) is 0 Å². The molecule has 0 fully saturated rings. The van der Waals surface area contributed by atoms with Gasteiger partial charge in [0.2, 0.25) is 0 Å². The van der Waals surface area contributed by atoms with Crippen molar-refractivity contribution >= 4 is 0 Å². The van der Waals surface area contributed by atoms with Gasteiger partial charge >= 0.3 is 6.36 Å². The number of ether oxygens (including phenoxy) is 1. The predicted molar refractivity (Wildman–Crippen MR) is 50.1 cm³/mol. The van der Waals surface area contributed by atoms with Crippen LogP contribution in [0.1, 0.15) is 5.56 Å². The summed E-state index contributed by atoms with van der Waals surface area (Å²) in [6.07, 6.45) is -4.65. The molecule has 0 saturated heterocycles. The normalized spacial score (nSPS) is 11.8. The Kier molecular flexibility index (Phi) is 4.83. The second kappa shape index (κ2) is 5.92. The molecule has 0 bridgehead atoms. The van der Waals surface area contributed by atoms with E-state index in [1.807, 2.05) is 0 Å². The summed E-state index contributed by atoms with van der Waals surface area (Å²) in [4.78, 5) is 0. The Morgan fingerprint density at radius 2 is 1.82 bits per heavy atom. The van der Waals surface area contributed by atoms with Gasteiger partial charge in [0.15, 0.2) is 11.6 Å². The fraction of sp³-hybridized carbons (Fsp3) is 0.400. The molecule has 0 heterocycles. The second-order valence-corrected chi connectivity index (χ2v) is 3.22. The van der Waals surface area contributed by atoms with Gasteiger partial charge in [-0.1, -0.05) is 6.07 Å². The maximum Gasteiger partial charge on any atom is 0.522 e. The Balaban J connectivity index is 2.25. The van der Waals surface area contributed by atoms with Crippen LogP contribution >= 0.6 is 0 Å². The molecule has 0 aliphatic carbocycles. The van der Waals surface area contributed by atoms with Gasteiger partial charge in [-0.15, -0.1) is 13.2 Å². The van der Waals surface area contributed by atoms with Crippen molar-refractivity contribution in [2.24, 2.45) is 0 Å². The molecule has 1 rings (SSSR count). The highest BCUT2D eigenvalue weighted by molar-refractivity contribution is 5.17. The smallest absolute Gasteiger partial charge is 0.310 e. The summed E-state index contributed by atoms with van der Waals surface area (Å²) in [5.74, 6) is -1.95. The summed E-state index contributed by atoms with van der Waals surface area (Å²) in [5, 5.41) is 2.61. The van der Waals surface area contributed by atoms with Crippen molar-refractivity contribution in [1.82, 2.24) is 5.32 Å². The first-order valence-electron chi connectivity index (χ1n) is 4.74. The number of halogens is 5. The minimum absolute atomic E-state index is 0.0431. The maximum atomic E-state index is 12.7. The van der Waals surface area contributed by atoms with Crippen molar-refractivity contribution in [1.29, 1.82) is 0 Å². The van der Waals surface area contributed by atoms with Gasteiger partial charge in [0, 0.05) is 13.1 Å². The van der Waals surface area contributed by atoms with Crippen molar-refractivity contribution in [2.75, 3.05) is 13.2 Å². The largest absolute Gasteiger partial charge is 0.522 e. The van der Waals surface area contributed by atoms with E-state index < -0.39 is 24.6 Å². The highest BCUT2D eigenvalue weighted by Gasteiger charge is 2.28. The van der Waals surface area contributed by atoms with Gasteiger partial charge in [-0.2, -0.15) is 0 Å². The van der Waals surface area contributed by atoms with Gasteiger partial charge in [-0.3, -0.25) is 4.74 Å². The van der Waals surface area contributed by atoms with Gasteiger partial charge in [0.1, 0.15) is 0 Å². The molecule has 17 heavy (non-hydrogen) atoms. The monoisotopic (exact) mass is 255 g/mol. The Morgan fingerprint density at radius 1 is 1.12 bits per heavy atom. The third-order valence-corrected chi connectivity index (χ3v) is 1.86. The van der Waals surface area contributed by atoms with Gasteiger partial charge < -0.3 is 5.32 Å².